The summed E-state index contributed by atoms with van der Waals surface area (Å²) in [6.07, 6.45) is 2.59. The van der Waals surface area contributed by atoms with E-state index in [0.29, 0.717) is 11.3 Å². The van der Waals surface area contributed by atoms with Crippen molar-refractivity contribution in [1.82, 2.24) is 5.32 Å². The lowest BCUT2D eigenvalue weighted by molar-refractivity contribution is 1.11. The number of nitrogens with one attached hydrogen (secondary N) is 1. The van der Waals surface area contributed by atoms with Gasteiger partial charge in [-0.25, -0.2) is 0 Å². The Bertz CT molecular complexity index is 901. The first kappa shape index (κ1) is 21.6. The fourth-order valence-corrected chi connectivity index (χ4v) is 2.33. The van der Waals surface area contributed by atoms with Crippen LogP contribution in [0.5, 0.6) is 0 Å². The van der Waals surface area contributed by atoms with Crippen LogP contribution in [-0.2, 0) is 6.42 Å². The van der Waals surface area contributed by atoms with Gasteiger partial charge in [0, 0.05) is 12.6 Å². The van der Waals surface area contributed by atoms with E-state index < -0.39 is 0 Å². The lowest BCUT2D eigenvalue weighted by atomic mass is 9.97. The van der Waals surface area contributed by atoms with Crippen LogP contribution in [0, 0.1) is 37.0 Å². The standard InChI is InChI=1S/C21H20N2.C3H7N/c1-4-17-9-11-19(16(3)13-17)20(14-22)21(23)12-10-18-7-5-15(2)6-8-18;1-3-4-2/h5-9,11,13H,4,23H2,1-3H3;3-4H,1H2,2H3/b21-20-;. The predicted octanol–water partition coefficient (Wildman–Crippen LogP) is 4.46. The predicted molar refractivity (Wildman–Crippen MR) is 115 cm³/mol. The molecule has 0 spiro atoms. The lowest BCUT2D eigenvalue weighted by Gasteiger charge is -2.07. The molecule has 3 N–H and O–H groups in total. The Balaban J connectivity index is 0.000000828. The first-order chi connectivity index (χ1) is 13.0. The molecule has 0 heterocycles. The smallest absolute Gasteiger partial charge is 0.103 e. The second kappa shape index (κ2) is 11.2. The van der Waals surface area contributed by atoms with Crippen molar-refractivity contribution in [3.63, 3.8) is 0 Å². The summed E-state index contributed by atoms with van der Waals surface area (Å²) in [5, 5.41) is 12.2. The molecule has 3 heteroatoms. The molecule has 27 heavy (non-hydrogen) atoms. The molecule has 0 aliphatic carbocycles. The van der Waals surface area contributed by atoms with E-state index in [1.165, 1.54) is 11.1 Å². The Morgan fingerprint density at radius 1 is 1.19 bits per heavy atom. The minimum atomic E-state index is 0.306. The molecule has 0 aliphatic heterocycles. The van der Waals surface area contributed by atoms with E-state index in [0.717, 1.165) is 23.1 Å². The van der Waals surface area contributed by atoms with E-state index >= 15 is 0 Å². The number of nitrogens with zero attached hydrogens (tertiary/aromatic N) is 1. The molecule has 0 aromatic heterocycles. The lowest BCUT2D eigenvalue weighted by Crippen LogP contribution is -2.01. The minimum absolute atomic E-state index is 0.306. The Hall–Kier alpha value is -3.43. The molecular formula is C24H27N3. The average Bonchev–Trinajstić information content (AvgIpc) is 2.69. The first-order valence-corrected chi connectivity index (χ1v) is 8.83. The summed E-state index contributed by atoms with van der Waals surface area (Å²) in [6, 6.07) is 16.2. The Kier molecular flexibility index (Phi) is 8.99. The second-order valence-electron chi connectivity index (χ2n) is 6.01. The van der Waals surface area contributed by atoms with E-state index in [4.69, 9.17) is 5.73 Å². The fourth-order valence-electron chi connectivity index (χ4n) is 2.33. The minimum Gasteiger partial charge on any atom is -0.394 e. The molecule has 0 amide bonds. The highest BCUT2D eigenvalue weighted by atomic mass is 14.8. The van der Waals surface area contributed by atoms with Crippen molar-refractivity contribution in [1.29, 1.82) is 5.26 Å². The number of rotatable bonds is 3. The quantitative estimate of drug-likeness (QED) is 0.630. The van der Waals surface area contributed by atoms with Gasteiger partial charge in [-0.1, -0.05) is 55.3 Å². The van der Waals surface area contributed by atoms with Crippen molar-refractivity contribution in [2.24, 2.45) is 5.73 Å². The van der Waals surface area contributed by atoms with E-state index in [2.05, 4.69) is 42.8 Å². The third kappa shape index (κ3) is 6.77. The zero-order valence-electron chi connectivity index (χ0n) is 16.6. The molecule has 0 saturated carbocycles. The number of allylic oxidation sites excluding steroid dienone is 2. The van der Waals surface area contributed by atoms with Crippen molar-refractivity contribution in [3.8, 4) is 17.9 Å². The van der Waals surface area contributed by atoms with Gasteiger partial charge >= 0.3 is 0 Å². The second-order valence-corrected chi connectivity index (χ2v) is 6.01. The summed E-state index contributed by atoms with van der Waals surface area (Å²) in [4.78, 5) is 0. The van der Waals surface area contributed by atoms with Gasteiger partial charge in [-0.15, -0.1) is 0 Å². The maximum absolute atomic E-state index is 9.48. The summed E-state index contributed by atoms with van der Waals surface area (Å²) < 4.78 is 0. The van der Waals surface area contributed by atoms with Crippen LogP contribution in [0.3, 0.4) is 0 Å². The zero-order valence-corrected chi connectivity index (χ0v) is 16.6. The SMILES string of the molecule is C=CNC.CCc1ccc(/C(C#N)=C(\N)C#Cc2ccc(C)cc2)c(C)c1. The normalized spacial score (nSPS) is 10.2. The van der Waals surface area contributed by atoms with E-state index in [9.17, 15) is 5.26 Å². The van der Waals surface area contributed by atoms with Gasteiger partial charge < -0.3 is 11.1 Å². The summed E-state index contributed by atoms with van der Waals surface area (Å²) in [7, 11) is 1.81. The summed E-state index contributed by atoms with van der Waals surface area (Å²) in [5.41, 5.74) is 12.0. The van der Waals surface area contributed by atoms with Crippen molar-refractivity contribution < 1.29 is 0 Å². The Labute approximate surface area is 163 Å². The maximum atomic E-state index is 9.48. The van der Waals surface area contributed by atoms with Gasteiger partial charge in [0.25, 0.3) is 0 Å². The number of nitrogens with two attached hydrogens (primary N) is 1. The molecule has 0 fully saturated rings. The van der Waals surface area contributed by atoms with Crippen molar-refractivity contribution in [2.75, 3.05) is 7.05 Å². The van der Waals surface area contributed by atoms with Crippen LogP contribution in [0.25, 0.3) is 5.57 Å². The van der Waals surface area contributed by atoms with Crippen molar-refractivity contribution >= 4 is 5.57 Å². The van der Waals surface area contributed by atoms with Crippen LogP contribution in [0.2, 0.25) is 0 Å². The van der Waals surface area contributed by atoms with Crippen LogP contribution in [0.15, 0.2) is 60.9 Å². The number of hydrogen-bond donors (Lipinski definition) is 2. The monoisotopic (exact) mass is 357 g/mol. The van der Waals surface area contributed by atoms with Crippen LogP contribution in [0.4, 0.5) is 0 Å². The molecule has 3 nitrogen and oxygen atoms in total. The van der Waals surface area contributed by atoms with Crippen LogP contribution in [-0.4, -0.2) is 7.05 Å². The van der Waals surface area contributed by atoms with Crippen LogP contribution >= 0.6 is 0 Å². The maximum Gasteiger partial charge on any atom is 0.103 e. The van der Waals surface area contributed by atoms with Gasteiger partial charge in [0.15, 0.2) is 0 Å². The third-order valence-electron chi connectivity index (χ3n) is 3.95. The first-order valence-electron chi connectivity index (χ1n) is 8.83. The van der Waals surface area contributed by atoms with Gasteiger partial charge in [-0.05, 0) is 61.2 Å². The Morgan fingerprint density at radius 2 is 1.81 bits per heavy atom. The molecule has 2 aromatic carbocycles. The average molecular weight is 358 g/mol. The molecule has 0 radical (unpaired) electrons. The molecule has 0 aliphatic rings. The molecule has 2 rings (SSSR count). The number of hydrogen-bond acceptors (Lipinski definition) is 3. The molecule has 0 unspecified atom stereocenters. The molecule has 2 aromatic rings. The van der Waals surface area contributed by atoms with Crippen molar-refractivity contribution in [3.05, 3.63) is 88.8 Å². The van der Waals surface area contributed by atoms with E-state index in [-0.39, 0.29) is 0 Å². The molecular weight excluding hydrogens is 330 g/mol. The summed E-state index contributed by atoms with van der Waals surface area (Å²) >= 11 is 0. The van der Waals surface area contributed by atoms with Crippen LogP contribution < -0.4 is 11.1 Å². The molecule has 0 atom stereocenters. The molecule has 0 bridgehead atoms. The Morgan fingerprint density at radius 3 is 2.30 bits per heavy atom. The van der Waals surface area contributed by atoms with Gasteiger partial charge in [-0.2, -0.15) is 5.26 Å². The zero-order chi connectivity index (χ0) is 20.2. The largest absolute Gasteiger partial charge is 0.394 e. The highest BCUT2D eigenvalue weighted by Gasteiger charge is 2.08. The van der Waals surface area contributed by atoms with E-state index in [1.807, 2.05) is 57.3 Å². The summed E-state index contributed by atoms with van der Waals surface area (Å²) in [6.45, 7) is 9.50. The van der Waals surface area contributed by atoms with Crippen LogP contribution in [0.1, 0.15) is 34.7 Å². The van der Waals surface area contributed by atoms with Gasteiger partial charge in [-0.3, -0.25) is 0 Å². The number of nitriles is 1. The number of aryl methyl sites for hydroxylation is 3. The molecule has 0 saturated heterocycles. The van der Waals surface area contributed by atoms with Gasteiger partial charge in [0.05, 0.1) is 5.57 Å². The fraction of sp³-hybridized carbons (Fsp3) is 0.208. The summed E-state index contributed by atoms with van der Waals surface area (Å²) in [5.74, 6) is 5.92. The number of benzene rings is 2. The highest BCUT2D eigenvalue weighted by molar-refractivity contribution is 5.83. The van der Waals surface area contributed by atoms with Gasteiger partial charge in [0.2, 0.25) is 0 Å². The topological polar surface area (TPSA) is 61.8 Å². The van der Waals surface area contributed by atoms with E-state index in [1.54, 1.807) is 6.20 Å². The molecule has 138 valence electrons. The third-order valence-corrected chi connectivity index (χ3v) is 3.95. The highest BCUT2D eigenvalue weighted by Crippen LogP contribution is 2.21. The van der Waals surface area contributed by atoms with Crippen molar-refractivity contribution in [2.45, 2.75) is 27.2 Å². The van der Waals surface area contributed by atoms with Gasteiger partial charge in [0.1, 0.15) is 11.8 Å².